The summed E-state index contributed by atoms with van der Waals surface area (Å²) in [5.41, 5.74) is -5.38. The number of allylic oxidation sites excluding steroid dienone is 1. The Balaban J connectivity index is 2.38. The summed E-state index contributed by atoms with van der Waals surface area (Å²) in [4.78, 5) is 2.32. The van der Waals surface area contributed by atoms with E-state index in [1.165, 1.54) is 6.08 Å². The van der Waals surface area contributed by atoms with Crippen LogP contribution in [0.3, 0.4) is 0 Å². The Morgan fingerprint density at radius 3 is 2.52 bits per heavy atom. The van der Waals surface area contributed by atoms with Gasteiger partial charge in [0.1, 0.15) is 5.76 Å². The van der Waals surface area contributed by atoms with Crippen molar-refractivity contribution in [2.45, 2.75) is 51.1 Å². The molecule has 0 aromatic heterocycles. The molecule has 0 aliphatic heterocycles. The van der Waals surface area contributed by atoms with E-state index in [0.717, 1.165) is 32.6 Å². The molecule has 1 rings (SSSR count). The number of hydrogen-bond acceptors (Lipinski definition) is 5. The highest BCUT2D eigenvalue weighted by Crippen LogP contribution is 2.29. The second kappa shape index (κ2) is 8.89. The zero-order valence-electron chi connectivity index (χ0n) is 13.5. The Labute approximate surface area is 136 Å². The van der Waals surface area contributed by atoms with Gasteiger partial charge in [0.25, 0.3) is 0 Å². The maximum atomic E-state index is 12.2. The molecule has 0 saturated carbocycles. The molecule has 0 heterocycles. The molecule has 0 amide bonds. The van der Waals surface area contributed by atoms with Crippen molar-refractivity contribution in [3.8, 4) is 0 Å². The fourth-order valence-electron chi connectivity index (χ4n) is 2.43. The number of hydrogen-bond donors (Lipinski definition) is 1. The molecule has 9 heteroatoms. The van der Waals surface area contributed by atoms with Crippen molar-refractivity contribution in [2.24, 2.45) is 0 Å². The summed E-state index contributed by atoms with van der Waals surface area (Å²) in [6.07, 6.45) is 3.71. The summed E-state index contributed by atoms with van der Waals surface area (Å²) in [7, 11) is -5.55. The lowest BCUT2D eigenvalue weighted by Crippen LogP contribution is -2.38. The third-order valence-corrected chi connectivity index (χ3v) is 4.72. The maximum Gasteiger partial charge on any atom is 0.534 e. The standard InChI is InChI=1S/C14H25F3N2O3S/c1-3-10-19(4-2)11-9-18-12-5-7-13(8-6-12)22-23(20,21)14(15,16)17/h7,12,18H,3-6,8-11H2,1-2H3. The molecule has 0 spiro atoms. The molecule has 1 N–H and O–H groups in total. The fourth-order valence-corrected chi connectivity index (χ4v) is 2.96. The van der Waals surface area contributed by atoms with Crippen molar-refractivity contribution in [2.75, 3.05) is 26.2 Å². The molecule has 1 atom stereocenters. The van der Waals surface area contributed by atoms with Crippen LogP contribution >= 0.6 is 0 Å². The van der Waals surface area contributed by atoms with Crippen LogP contribution in [0, 0.1) is 0 Å². The van der Waals surface area contributed by atoms with Gasteiger partial charge in [0.05, 0.1) is 0 Å². The summed E-state index contributed by atoms with van der Waals surface area (Å²) in [5, 5.41) is 3.34. The van der Waals surface area contributed by atoms with Gasteiger partial charge in [0.15, 0.2) is 0 Å². The van der Waals surface area contributed by atoms with Crippen LogP contribution in [0.5, 0.6) is 0 Å². The fraction of sp³-hybridized carbons (Fsp3) is 0.857. The van der Waals surface area contributed by atoms with Crippen molar-refractivity contribution < 1.29 is 25.8 Å². The maximum absolute atomic E-state index is 12.2. The minimum Gasteiger partial charge on any atom is -0.381 e. The highest BCUT2D eigenvalue weighted by molar-refractivity contribution is 7.87. The topological polar surface area (TPSA) is 58.6 Å². The van der Waals surface area contributed by atoms with E-state index in [4.69, 9.17) is 0 Å². The molecule has 1 aliphatic rings. The number of nitrogens with zero attached hydrogens (tertiary/aromatic N) is 1. The van der Waals surface area contributed by atoms with Gasteiger partial charge in [0.2, 0.25) is 0 Å². The van der Waals surface area contributed by atoms with Crippen LogP contribution in [0.25, 0.3) is 0 Å². The molecule has 0 bridgehead atoms. The van der Waals surface area contributed by atoms with Crippen LogP contribution < -0.4 is 5.32 Å². The Kier molecular flexibility index (Phi) is 7.82. The quantitative estimate of drug-likeness (QED) is 0.507. The smallest absolute Gasteiger partial charge is 0.381 e. The van der Waals surface area contributed by atoms with Gasteiger partial charge in [-0.3, -0.25) is 0 Å². The van der Waals surface area contributed by atoms with Crippen molar-refractivity contribution in [3.63, 3.8) is 0 Å². The predicted molar refractivity (Wildman–Crippen MR) is 82.2 cm³/mol. The monoisotopic (exact) mass is 358 g/mol. The average Bonchev–Trinajstić information content (AvgIpc) is 2.46. The highest BCUT2D eigenvalue weighted by Gasteiger charge is 2.48. The first-order valence-corrected chi connectivity index (χ1v) is 9.26. The van der Waals surface area contributed by atoms with Crippen molar-refractivity contribution in [1.82, 2.24) is 10.2 Å². The Bertz CT molecular complexity index is 492. The second-order valence-corrected chi connectivity index (χ2v) is 7.05. The summed E-state index contributed by atoms with van der Waals surface area (Å²) < 4.78 is 62.8. The first-order valence-electron chi connectivity index (χ1n) is 7.85. The van der Waals surface area contributed by atoms with Crippen LogP contribution in [0.2, 0.25) is 0 Å². The summed E-state index contributed by atoms with van der Waals surface area (Å²) in [5.74, 6) is -0.124. The van der Waals surface area contributed by atoms with Gasteiger partial charge in [-0.05, 0) is 38.4 Å². The SMILES string of the molecule is CCCN(CC)CCNC1CC=C(OS(=O)(=O)C(F)(F)F)CC1. The van der Waals surface area contributed by atoms with E-state index in [9.17, 15) is 21.6 Å². The lowest BCUT2D eigenvalue weighted by molar-refractivity contribution is -0.0524. The lowest BCUT2D eigenvalue weighted by atomic mass is 10.0. The Hall–Kier alpha value is -0.800. The minimum absolute atomic E-state index is 0.124. The number of rotatable bonds is 9. The van der Waals surface area contributed by atoms with E-state index in [1.54, 1.807) is 0 Å². The molecule has 136 valence electrons. The molecule has 1 aliphatic carbocycles. The molecule has 5 nitrogen and oxygen atoms in total. The average molecular weight is 358 g/mol. The summed E-state index contributed by atoms with van der Waals surface area (Å²) >= 11 is 0. The third kappa shape index (κ3) is 6.68. The van der Waals surface area contributed by atoms with E-state index in [-0.39, 0.29) is 18.2 Å². The largest absolute Gasteiger partial charge is 0.534 e. The predicted octanol–water partition coefficient (Wildman–Crippen LogP) is 2.61. The molecule has 0 saturated heterocycles. The van der Waals surface area contributed by atoms with Gasteiger partial charge in [-0.15, -0.1) is 0 Å². The molecule has 1 unspecified atom stereocenters. The van der Waals surface area contributed by atoms with Crippen molar-refractivity contribution in [1.29, 1.82) is 0 Å². The van der Waals surface area contributed by atoms with E-state index in [0.29, 0.717) is 12.8 Å². The molecular weight excluding hydrogens is 333 g/mol. The highest BCUT2D eigenvalue weighted by atomic mass is 32.2. The number of nitrogens with one attached hydrogen (secondary N) is 1. The van der Waals surface area contributed by atoms with E-state index >= 15 is 0 Å². The van der Waals surface area contributed by atoms with Crippen LogP contribution in [-0.2, 0) is 14.3 Å². The van der Waals surface area contributed by atoms with Gasteiger partial charge in [-0.1, -0.05) is 13.8 Å². The van der Waals surface area contributed by atoms with Gasteiger partial charge in [-0.2, -0.15) is 21.6 Å². The van der Waals surface area contributed by atoms with E-state index in [2.05, 4.69) is 28.2 Å². The first kappa shape index (κ1) is 20.2. The zero-order valence-corrected chi connectivity index (χ0v) is 14.3. The second-order valence-electron chi connectivity index (χ2n) is 5.51. The van der Waals surface area contributed by atoms with Gasteiger partial charge in [-0.25, -0.2) is 0 Å². The minimum atomic E-state index is -5.55. The molecule has 0 fully saturated rings. The number of alkyl halides is 3. The number of likely N-dealkylation sites (N-methyl/N-ethyl adjacent to an activating group) is 1. The first-order chi connectivity index (χ1) is 10.7. The van der Waals surface area contributed by atoms with Gasteiger partial charge < -0.3 is 14.4 Å². The van der Waals surface area contributed by atoms with Crippen molar-refractivity contribution in [3.05, 3.63) is 11.8 Å². The molecule has 23 heavy (non-hydrogen) atoms. The Morgan fingerprint density at radius 1 is 1.35 bits per heavy atom. The zero-order chi connectivity index (χ0) is 17.5. The van der Waals surface area contributed by atoms with Gasteiger partial charge in [0, 0.05) is 25.6 Å². The van der Waals surface area contributed by atoms with Crippen LogP contribution in [0.1, 0.15) is 39.5 Å². The normalized spacial score (nSPS) is 19.7. The molecule has 0 radical (unpaired) electrons. The van der Waals surface area contributed by atoms with E-state index in [1.807, 2.05) is 0 Å². The molecular formula is C14H25F3N2O3S. The number of halogens is 3. The van der Waals surface area contributed by atoms with Crippen LogP contribution in [0.4, 0.5) is 13.2 Å². The lowest BCUT2D eigenvalue weighted by Gasteiger charge is -2.25. The van der Waals surface area contributed by atoms with Crippen LogP contribution in [0.15, 0.2) is 11.8 Å². The Morgan fingerprint density at radius 2 is 2.04 bits per heavy atom. The summed E-state index contributed by atoms with van der Waals surface area (Å²) in [6, 6.07) is 0.135. The third-order valence-electron chi connectivity index (χ3n) is 3.72. The summed E-state index contributed by atoms with van der Waals surface area (Å²) in [6.45, 7) is 7.95. The van der Waals surface area contributed by atoms with E-state index < -0.39 is 15.6 Å². The van der Waals surface area contributed by atoms with Gasteiger partial charge >= 0.3 is 15.6 Å². The van der Waals surface area contributed by atoms with Crippen molar-refractivity contribution >= 4 is 10.1 Å². The van der Waals surface area contributed by atoms with Crippen LogP contribution in [-0.4, -0.2) is 51.0 Å². The molecule has 0 aromatic rings. The molecule has 0 aromatic carbocycles.